The molecule has 0 radical (unpaired) electrons. The first kappa shape index (κ1) is 16.6. The largest absolute Gasteiger partial charge is 0.391 e. The zero-order valence-corrected chi connectivity index (χ0v) is 16.8. The second-order valence-corrected chi connectivity index (χ2v) is 9.62. The molecular weight excluding hydrogens is 390 g/mol. The number of rotatable bonds is 4. The molecule has 2 aliphatic rings. The highest BCUT2D eigenvalue weighted by atomic mass is 32.1. The SMILES string of the molecule is O[C@H]1CCN(c2nc(Nc3ncc(C4CC4)s3)c3sc4ccccc4c3n2)C1. The predicted octanol–water partition coefficient (Wildman–Crippen LogP) is 4.49. The third-order valence-electron chi connectivity index (χ3n) is 5.38. The van der Waals surface area contributed by atoms with Crippen LogP contribution in [0.1, 0.15) is 30.1 Å². The Labute approximate surface area is 169 Å². The maximum absolute atomic E-state index is 9.95. The molecule has 1 aliphatic carbocycles. The van der Waals surface area contributed by atoms with Crippen LogP contribution in [0, 0.1) is 0 Å². The minimum absolute atomic E-state index is 0.310. The zero-order valence-electron chi connectivity index (χ0n) is 15.1. The Kier molecular flexibility index (Phi) is 3.78. The van der Waals surface area contributed by atoms with E-state index in [0.29, 0.717) is 18.4 Å². The number of anilines is 3. The molecule has 2 N–H and O–H groups in total. The molecule has 1 aromatic carbocycles. The molecule has 4 aromatic rings. The molecule has 0 unspecified atom stereocenters. The van der Waals surface area contributed by atoms with Crippen LogP contribution >= 0.6 is 22.7 Å². The van der Waals surface area contributed by atoms with Gasteiger partial charge in [-0.25, -0.2) is 9.97 Å². The minimum Gasteiger partial charge on any atom is -0.391 e. The Bertz CT molecular complexity index is 1180. The van der Waals surface area contributed by atoms with Crippen molar-refractivity contribution in [1.82, 2.24) is 15.0 Å². The van der Waals surface area contributed by atoms with Crippen LogP contribution in [0.3, 0.4) is 0 Å². The lowest BCUT2D eigenvalue weighted by Gasteiger charge is -2.16. The molecule has 4 heterocycles. The number of aliphatic hydroxyl groups is 1. The predicted molar refractivity (Wildman–Crippen MR) is 115 cm³/mol. The molecule has 1 aliphatic heterocycles. The highest BCUT2D eigenvalue weighted by Gasteiger charge is 2.27. The molecule has 6 nitrogen and oxygen atoms in total. The van der Waals surface area contributed by atoms with E-state index < -0.39 is 0 Å². The number of thiophene rings is 1. The molecule has 1 saturated heterocycles. The number of hydrogen-bond donors (Lipinski definition) is 2. The van der Waals surface area contributed by atoms with Crippen molar-refractivity contribution in [2.24, 2.45) is 0 Å². The van der Waals surface area contributed by atoms with Crippen molar-refractivity contribution in [2.75, 3.05) is 23.3 Å². The van der Waals surface area contributed by atoms with Crippen molar-refractivity contribution < 1.29 is 5.11 Å². The Morgan fingerprint density at radius 3 is 2.82 bits per heavy atom. The zero-order chi connectivity index (χ0) is 18.7. The van der Waals surface area contributed by atoms with E-state index in [1.165, 1.54) is 22.4 Å². The second-order valence-electron chi connectivity index (χ2n) is 7.50. The lowest BCUT2D eigenvalue weighted by Crippen LogP contribution is -2.23. The summed E-state index contributed by atoms with van der Waals surface area (Å²) in [7, 11) is 0. The standard InChI is InChI=1S/C20H19N5OS2/c26-12-7-8-25(10-12)19-22-16-13-3-1-2-4-14(13)27-17(16)18(23-19)24-20-21-9-15(28-20)11-5-6-11/h1-4,9,11-12,26H,5-8,10H2,(H,21,22,23,24)/t12-/m0/s1. The summed E-state index contributed by atoms with van der Waals surface area (Å²) in [6.45, 7) is 1.35. The number of fused-ring (bicyclic) bond motifs is 3. The third-order valence-corrected chi connectivity index (χ3v) is 7.62. The van der Waals surface area contributed by atoms with Gasteiger partial charge in [0.1, 0.15) is 0 Å². The summed E-state index contributed by atoms with van der Waals surface area (Å²) >= 11 is 3.43. The molecule has 28 heavy (non-hydrogen) atoms. The Morgan fingerprint density at radius 2 is 2.00 bits per heavy atom. The fraction of sp³-hybridized carbons (Fsp3) is 0.350. The molecule has 0 bridgehead atoms. The highest BCUT2D eigenvalue weighted by molar-refractivity contribution is 7.26. The van der Waals surface area contributed by atoms with Gasteiger partial charge >= 0.3 is 0 Å². The van der Waals surface area contributed by atoms with E-state index in [0.717, 1.165) is 39.5 Å². The summed E-state index contributed by atoms with van der Waals surface area (Å²) in [5.41, 5.74) is 0.966. The summed E-state index contributed by atoms with van der Waals surface area (Å²) in [6, 6.07) is 8.34. The normalized spacial score (nSPS) is 19.8. The van der Waals surface area contributed by atoms with Crippen LogP contribution < -0.4 is 10.2 Å². The minimum atomic E-state index is -0.310. The summed E-state index contributed by atoms with van der Waals surface area (Å²) in [5.74, 6) is 2.18. The molecule has 2 fully saturated rings. The number of nitrogens with one attached hydrogen (secondary N) is 1. The average Bonchev–Trinajstić information content (AvgIpc) is 3.11. The average molecular weight is 410 g/mol. The summed E-state index contributed by atoms with van der Waals surface area (Å²) < 4.78 is 2.25. The quantitative estimate of drug-likeness (QED) is 0.517. The summed E-state index contributed by atoms with van der Waals surface area (Å²) in [4.78, 5) is 17.7. The van der Waals surface area contributed by atoms with E-state index >= 15 is 0 Å². The molecule has 1 saturated carbocycles. The lowest BCUT2D eigenvalue weighted by atomic mass is 10.2. The Morgan fingerprint density at radius 1 is 1.11 bits per heavy atom. The molecule has 0 amide bonds. The van der Waals surface area contributed by atoms with E-state index in [1.54, 1.807) is 22.7 Å². The van der Waals surface area contributed by atoms with Crippen molar-refractivity contribution >= 4 is 59.9 Å². The molecule has 8 heteroatoms. The molecule has 0 spiro atoms. The van der Waals surface area contributed by atoms with Crippen LogP contribution in [0.15, 0.2) is 30.5 Å². The first-order valence-electron chi connectivity index (χ1n) is 9.59. The van der Waals surface area contributed by atoms with Gasteiger partial charge in [-0.3, -0.25) is 0 Å². The van der Waals surface area contributed by atoms with Gasteiger partial charge in [0.2, 0.25) is 5.95 Å². The third kappa shape index (κ3) is 2.83. The van der Waals surface area contributed by atoms with Gasteiger partial charge in [-0.1, -0.05) is 18.2 Å². The fourth-order valence-corrected chi connectivity index (χ4v) is 5.80. The van der Waals surface area contributed by atoms with E-state index in [4.69, 9.17) is 9.97 Å². The number of thiazole rings is 1. The summed E-state index contributed by atoms with van der Waals surface area (Å²) in [6.07, 6.45) is 4.99. The molecule has 6 rings (SSSR count). The van der Waals surface area contributed by atoms with E-state index in [-0.39, 0.29) is 6.10 Å². The van der Waals surface area contributed by atoms with Crippen LogP contribution in [0.5, 0.6) is 0 Å². The van der Waals surface area contributed by atoms with Crippen molar-refractivity contribution in [3.63, 3.8) is 0 Å². The number of β-amino-alcohol motifs (C(OH)–C–C–N with tert-alkyl or cyclic N) is 1. The number of benzene rings is 1. The van der Waals surface area contributed by atoms with Gasteiger partial charge in [-0.05, 0) is 31.2 Å². The van der Waals surface area contributed by atoms with Crippen LogP contribution in [-0.4, -0.2) is 39.3 Å². The Hall–Kier alpha value is -2.29. The monoisotopic (exact) mass is 409 g/mol. The molecule has 1 atom stereocenters. The first-order chi connectivity index (χ1) is 13.7. The summed E-state index contributed by atoms with van der Waals surface area (Å²) in [5, 5.41) is 15.4. The first-order valence-corrected chi connectivity index (χ1v) is 11.2. The molecular formula is C20H19N5OS2. The number of hydrogen-bond acceptors (Lipinski definition) is 8. The van der Waals surface area contributed by atoms with Crippen molar-refractivity contribution in [3.05, 3.63) is 35.3 Å². The van der Waals surface area contributed by atoms with E-state index in [9.17, 15) is 5.11 Å². The van der Waals surface area contributed by atoms with Gasteiger partial charge in [0.25, 0.3) is 0 Å². The highest BCUT2D eigenvalue weighted by Crippen LogP contribution is 2.44. The van der Waals surface area contributed by atoms with E-state index in [1.807, 2.05) is 12.3 Å². The van der Waals surface area contributed by atoms with Crippen molar-refractivity contribution in [3.8, 4) is 0 Å². The fourth-order valence-electron chi connectivity index (χ4n) is 3.73. The van der Waals surface area contributed by atoms with Crippen LogP contribution in [0.4, 0.5) is 16.9 Å². The van der Waals surface area contributed by atoms with Crippen LogP contribution in [0.2, 0.25) is 0 Å². The molecule has 142 valence electrons. The Balaban J connectivity index is 1.48. The second kappa shape index (κ2) is 6.37. The van der Waals surface area contributed by atoms with Gasteiger partial charge in [0.05, 0.1) is 16.3 Å². The topological polar surface area (TPSA) is 74.2 Å². The lowest BCUT2D eigenvalue weighted by molar-refractivity contribution is 0.198. The van der Waals surface area contributed by atoms with Crippen molar-refractivity contribution in [2.45, 2.75) is 31.3 Å². The van der Waals surface area contributed by atoms with Crippen molar-refractivity contribution in [1.29, 1.82) is 0 Å². The van der Waals surface area contributed by atoms with Gasteiger partial charge in [0.15, 0.2) is 10.9 Å². The maximum Gasteiger partial charge on any atom is 0.228 e. The van der Waals surface area contributed by atoms with Gasteiger partial charge in [0, 0.05) is 34.2 Å². The number of nitrogens with zero attached hydrogens (tertiary/aromatic N) is 4. The smallest absolute Gasteiger partial charge is 0.228 e. The molecule has 3 aromatic heterocycles. The van der Waals surface area contributed by atoms with Crippen LogP contribution in [-0.2, 0) is 0 Å². The number of aliphatic hydroxyl groups excluding tert-OH is 1. The number of aromatic nitrogens is 3. The van der Waals surface area contributed by atoms with E-state index in [2.05, 4.69) is 33.4 Å². The van der Waals surface area contributed by atoms with Gasteiger partial charge < -0.3 is 15.3 Å². The van der Waals surface area contributed by atoms with Crippen LogP contribution in [0.25, 0.3) is 20.3 Å². The van der Waals surface area contributed by atoms with Gasteiger partial charge in [-0.15, -0.1) is 22.7 Å². The maximum atomic E-state index is 9.95. The van der Waals surface area contributed by atoms with Gasteiger partial charge in [-0.2, -0.15) is 4.98 Å².